The third-order valence-corrected chi connectivity index (χ3v) is 4.15. The number of amides is 1. The van der Waals surface area contributed by atoms with E-state index >= 15 is 0 Å². The number of hydrogen-bond donors (Lipinski definition) is 1. The first-order chi connectivity index (χ1) is 12.9. The fraction of sp³-hybridized carbons (Fsp3) is 0.450. The van der Waals surface area contributed by atoms with Crippen LogP contribution in [0.2, 0.25) is 0 Å². The van der Waals surface area contributed by atoms with Crippen LogP contribution in [0.15, 0.2) is 35.1 Å². The van der Waals surface area contributed by atoms with Crippen LogP contribution >= 0.6 is 0 Å². The molecule has 1 aromatic heterocycles. The molecule has 0 aliphatic rings. The highest BCUT2D eigenvalue weighted by atomic mass is 16.5. The molecule has 7 nitrogen and oxygen atoms in total. The molecule has 0 radical (unpaired) electrons. The maximum Gasteiger partial charge on any atom is 0.271 e. The third-order valence-electron chi connectivity index (χ3n) is 4.15. The summed E-state index contributed by atoms with van der Waals surface area (Å²) in [5, 5.41) is 7.03. The summed E-state index contributed by atoms with van der Waals surface area (Å²) in [4.78, 5) is 24.3. The summed E-state index contributed by atoms with van der Waals surface area (Å²) in [5.74, 6) is -0.0259. The summed E-state index contributed by atoms with van der Waals surface area (Å²) in [7, 11) is 0. The van der Waals surface area contributed by atoms with Crippen molar-refractivity contribution in [2.45, 2.75) is 40.2 Å². The number of aryl methyl sites for hydroxylation is 2. The van der Waals surface area contributed by atoms with Crippen LogP contribution in [0.3, 0.4) is 0 Å². The number of nitrogens with zero attached hydrogens (tertiary/aromatic N) is 2. The molecule has 2 rings (SSSR count). The van der Waals surface area contributed by atoms with E-state index in [0.29, 0.717) is 25.4 Å². The smallest absolute Gasteiger partial charge is 0.271 e. The molecule has 1 heterocycles. The van der Waals surface area contributed by atoms with E-state index in [2.05, 4.69) is 10.4 Å². The second-order valence-electron chi connectivity index (χ2n) is 6.29. The molecule has 0 saturated heterocycles. The molecule has 0 aliphatic heterocycles. The van der Waals surface area contributed by atoms with Crippen molar-refractivity contribution in [3.8, 4) is 11.6 Å². The number of carbonyl (C=O) groups excluding carboxylic acids is 1. The van der Waals surface area contributed by atoms with Crippen LogP contribution in [0.4, 0.5) is 0 Å². The van der Waals surface area contributed by atoms with Gasteiger partial charge in [0, 0.05) is 31.9 Å². The molecule has 2 aromatic rings. The zero-order chi connectivity index (χ0) is 19.8. The molecule has 0 bridgehead atoms. The number of aromatic nitrogens is 2. The van der Waals surface area contributed by atoms with E-state index in [9.17, 15) is 9.59 Å². The molecule has 1 unspecified atom stereocenters. The number of rotatable bonds is 9. The number of carbonyl (C=O) groups is 1. The summed E-state index contributed by atoms with van der Waals surface area (Å²) < 4.78 is 12.1. The van der Waals surface area contributed by atoms with Gasteiger partial charge in [-0.2, -0.15) is 4.68 Å². The molecule has 0 saturated carbocycles. The molecule has 1 amide bonds. The molecule has 146 valence electrons. The lowest BCUT2D eigenvalue weighted by Gasteiger charge is -2.15. The second kappa shape index (κ2) is 9.87. The van der Waals surface area contributed by atoms with E-state index in [1.165, 1.54) is 16.8 Å². The first kappa shape index (κ1) is 20.6. The van der Waals surface area contributed by atoms with Crippen LogP contribution < -0.4 is 15.6 Å². The van der Waals surface area contributed by atoms with E-state index < -0.39 is 6.10 Å². The minimum absolute atomic E-state index is 0.213. The minimum Gasteiger partial charge on any atom is -0.464 e. The van der Waals surface area contributed by atoms with Gasteiger partial charge in [-0.1, -0.05) is 6.07 Å². The van der Waals surface area contributed by atoms with Crippen LogP contribution in [-0.2, 0) is 9.53 Å². The number of nitrogens with one attached hydrogen (secondary N) is 1. The molecule has 1 atom stereocenters. The van der Waals surface area contributed by atoms with Gasteiger partial charge in [0.2, 0.25) is 5.88 Å². The summed E-state index contributed by atoms with van der Waals surface area (Å²) in [6.45, 7) is 9.33. The van der Waals surface area contributed by atoms with E-state index in [-0.39, 0.29) is 17.3 Å². The fourth-order valence-electron chi connectivity index (χ4n) is 2.41. The zero-order valence-electron chi connectivity index (χ0n) is 16.3. The van der Waals surface area contributed by atoms with Crippen molar-refractivity contribution in [2.75, 3.05) is 19.8 Å². The molecule has 1 aromatic carbocycles. The van der Waals surface area contributed by atoms with Crippen molar-refractivity contribution in [2.24, 2.45) is 0 Å². The topological polar surface area (TPSA) is 82.5 Å². The quantitative estimate of drug-likeness (QED) is 0.681. The van der Waals surface area contributed by atoms with Crippen LogP contribution in [-0.4, -0.2) is 41.6 Å². The largest absolute Gasteiger partial charge is 0.464 e. The van der Waals surface area contributed by atoms with Gasteiger partial charge in [-0.3, -0.25) is 9.59 Å². The molecule has 1 N–H and O–H groups in total. The predicted molar refractivity (Wildman–Crippen MR) is 104 cm³/mol. The molecule has 0 fully saturated rings. The summed E-state index contributed by atoms with van der Waals surface area (Å²) in [5.41, 5.74) is 2.58. The molecular formula is C20H27N3O4. The highest BCUT2D eigenvalue weighted by Gasteiger charge is 2.15. The lowest BCUT2D eigenvalue weighted by atomic mass is 10.1. The van der Waals surface area contributed by atoms with Gasteiger partial charge in [0.05, 0.1) is 5.69 Å². The van der Waals surface area contributed by atoms with E-state index in [1.807, 2.05) is 39.0 Å². The van der Waals surface area contributed by atoms with Crippen molar-refractivity contribution in [1.29, 1.82) is 0 Å². The Hall–Kier alpha value is -2.67. The standard InChI is InChI=1S/C20H27N3O4/c1-5-26-12-6-11-21-20(25)16(4)27-18-9-10-19(24)23(22-18)17-8-7-14(2)15(3)13-17/h7-10,13,16H,5-6,11-12H2,1-4H3,(H,21,25). The molecule has 0 spiro atoms. The Bertz CT molecular complexity index is 832. The van der Waals surface area contributed by atoms with Crippen LogP contribution in [0.1, 0.15) is 31.4 Å². The first-order valence-corrected chi connectivity index (χ1v) is 9.12. The lowest BCUT2D eigenvalue weighted by molar-refractivity contribution is -0.127. The Kier molecular flexibility index (Phi) is 7.55. The van der Waals surface area contributed by atoms with Gasteiger partial charge in [0.15, 0.2) is 6.10 Å². The summed E-state index contributed by atoms with van der Waals surface area (Å²) in [6.07, 6.45) is 0.0117. The Morgan fingerprint density at radius 1 is 1.22 bits per heavy atom. The van der Waals surface area contributed by atoms with E-state index in [0.717, 1.165) is 17.5 Å². The molecule has 27 heavy (non-hydrogen) atoms. The Balaban J connectivity index is 2.03. The second-order valence-corrected chi connectivity index (χ2v) is 6.29. The maximum atomic E-state index is 12.2. The summed E-state index contributed by atoms with van der Waals surface area (Å²) >= 11 is 0. The average molecular weight is 373 g/mol. The van der Waals surface area contributed by atoms with Crippen LogP contribution in [0.25, 0.3) is 5.69 Å². The average Bonchev–Trinajstić information content (AvgIpc) is 2.65. The van der Waals surface area contributed by atoms with Crippen molar-refractivity contribution < 1.29 is 14.3 Å². The lowest BCUT2D eigenvalue weighted by Crippen LogP contribution is -2.37. The van der Waals surface area contributed by atoms with Gasteiger partial charge in [-0.05, 0) is 57.4 Å². The molecule has 0 aliphatic carbocycles. The van der Waals surface area contributed by atoms with Crippen molar-refractivity contribution in [3.05, 3.63) is 51.8 Å². The fourth-order valence-corrected chi connectivity index (χ4v) is 2.41. The van der Waals surface area contributed by atoms with Gasteiger partial charge in [0.1, 0.15) is 0 Å². The van der Waals surface area contributed by atoms with Crippen LogP contribution in [0, 0.1) is 13.8 Å². The number of hydrogen-bond acceptors (Lipinski definition) is 5. The Labute approximate surface area is 159 Å². The van der Waals surface area contributed by atoms with Gasteiger partial charge in [0.25, 0.3) is 11.5 Å². The Morgan fingerprint density at radius 3 is 2.70 bits per heavy atom. The van der Waals surface area contributed by atoms with Gasteiger partial charge in [-0.25, -0.2) is 0 Å². The van der Waals surface area contributed by atoms with Crippen LogP contribution in [0.5, 0.6) is 5.88 Å². The van der Waals surface area contributed by atoms with Crippen molar-refractivity contribution in [1.82, 2.24) is 15.1 Å². The highest BCUT2D eigenvalue weighted by molar-refractivity contribution is 5.80. The predicted octanol–water partition coefficient (Wildman–Crippen LogP) is 2.16. The molecular weight excluding hydrogens is 346 g/mol. The minimum atomic E-state index is -0.727. The third kappa shape index (κ3) is 5.92. The van der Waals surface area contributed by atoms with Gasteiger partial charge >= 0.3 is 0 Å². The normalized spacial score (nSPS) is 11.9. The number of benzene rings is 1. The maximum absolute atomic E-state index is 12.2. The Morgan fingerprint density at radius 2 is 2.00 bits per heavy atom. The van der Waals surface area contributed by atoms with Crippen molar-refractivity contribution in [3.63, 3.8) is 0 Å². The molecule has 7 heteroatoms. The first-order valence-electron chi connectivity index (χ1n) is 9.12. The summed E-state index contributed by atoms with van der Waals surface area (Å²) in [6, 6.07) is 8.50. The number of ether oxygens (including phenoxy) is 2. The van der Waals surface area contributed by atoms with E-state index in [1.54, 1.807) is 6.92 Å². The van der Waals surface area contributed by atoms with Crippen molar-refractivity contribution >= 4 is 5.91 Å². The zero-order valence-corrected chi connectivity index (χ0v) is 16.3. The monoisotopic (exact) mass is 373 g/mol. The van der Waals surface area contributed by atoms with Gasteiger partial charge in [-0.15, -0.1) is 5.10 Å². The highest BCUT2D eigenvalue weighted by Crippen LogP contribution is 2.13. The van der Waals surface area contributed by atoms with Gasteiger partial charge < -0.3 is 14.8 Å². The van der Waals surface area contributed by atoms with E-state index in [4.69, 9.17) is 9.47 Å². The SMILES string of the molecule is CCOCCCNC(=O)C(C)Oc1ccc(=O)n(-c2ccc(C)c(C)c2)n1.